The van der Waals surface area contributed by atoms with Crippen molar-refractivity contribution >= 4 is 5.69 Å². The molecule has 0 aliphatic carbocycles. The molecule has 0 heterocycles. The highest BCUT2D eigenvalue weighted by atomic mass is 19.3. The van der Waals surface area contributed by atoms with Crippen LogP contribution in [0.1, 0.15) is 16.7 Å². The maximum atomic E-state index is 12.1. The molecular formula is C16H17F2NO. The van der Waals surface area contributed by atoms with E-state index in [1.807, 2.05) is 6.07 Å². The van der Waals surface area contributed by atoms with Gasteiger partial charge in [0.25, 0.3) is 0 Å². The molecule has 0 radical (unpaired) electrons. The Bertz CT molecular complexity index is 584. The van der Waals surface area contributed by atoms with Crippen LogP contribution >= 0.6 is 0 Å². The predicted molar refractivity (Wildman–Crippen MR) is 76.3 cm³/mol. The van der Waals surface area contributed by atoms with Crippen LogP contribution in [0.2, 0.25) is 0 Å². The molecule has 4 heteroatoms. The number of hydrogen-bond donors (Lipinski definition) is 1. The van der Waals surface area contributed by atoms with Gasteiger partial charge in [-0.2, -0.15) is 8.78 Å². The van der Waals surface area contributed by atoms with Gasteiger partial charge in [0, 0.05) is 18.3 Å². The van der Waals surface area contributed by atoms with Crippen LogP contribution in [0.4, 0.5) is 14.5 Å². The zero-order valence-electron chi connectivity index (χ0n) is 11.5. The SMILES string of the molecule is Cc1ccc(CNc2cccc(OC(F)F)c2)cc1C. The van der Waals surface area contributed by atoms with E-state index in [1.165, 1.54) is 17.2 Å². The van der Waals surface area contributed by atoms with Crippen LogP contribution in [-0.2, 0) is 6.54 Å². The fraction of sp³-hybridized carbons (Fsp3) is 0.250. The molecule has 0 spiro atoms. The number of aryl methyl sites for hydroxylation is 2. The number of ether oxygens (including phenoxy) is 1. The molecule has 2 aromatic rings. The summed E-state index contributed by atoms with van der Waals surface area (Å²) in [5.74, 6) is 0.157. The summed E-state index contributed by atoms with van der Waals surface area (Å²) in [6.45, 7) is 1.97. The fourth-order valence-corrected chi connectivity index (χ4v) is 1.90. The molecule has 0 saturated heterocycles. The van der Waals surface area contributed by atoms with E-state index in [-0.39, 0.29) is 5.75 Å². The summed E-state index contributed by atoms with van der Waals surface area (Å²) >= 11 is 0. The van der Waals surface area contributed by atoms with Crippen molar-refractivity contribution in [3.63, 3.8) is 0 Å². The molecule has 0 unspecified atom stereocenters. The van der Waals surface area contributed by atoms with Crippen molar-refractivity contribution in [2.24, 2.45) is 0 Å². The smallest absolute Gasteiger partial charge is 0.387 e. The maximum absolute atomic E-state index is 12.1. The summed E-state index contributed by atoms with van der Waals surface area (Å²) in [6.07, 6.45) is 0. The van der Waals surface area contributed by atoms with Gasteiger partial charge in [-0.1, -0.05) is 24.3 Å². The minimum Gasteiger partial charge on any atom is -0.435 e. The number of benzene rings is 2. The zero-order valence-corrected chi connectivity index (χ0v) is 11.5. The molecule has 0 fully saturated rings. The van der Waals surface area contributed by atoms with Crippen LogP contribution in [0.3, 0.4) is 0 Å². The van der Waals surface area contributed by atoms with Crippen molar-refractivity contribution in [2.75, 3.05) is 5.32 Å². The van der Waals surface area contributed by atoms with Crippen LogP contribution in [0.25, 0.3) is 0 Å². The lowest BCUT2D eigenvalue weighted by molar-refractivity contribution is -0.0498. The third-order valence-electron chi connectivity index (χ3n) is 3.13. The third-order valence-corrected chi connectivity index (χ3v) is 3.13. The number of rotatable bonds is 5. The Morgan fingerprint density at radius 2 is 1.85 bits per heavy atom. The van der Waals surface area contributed by atoms with Crippen LogP contribution in [0.15, 0.2) is 42.5 Å². The van der Waals surface area contributed by atoms with Gasteiger partial charge in [0.15, 0.2) is 0 Å². The molecule has 1 N–H and O–H groups in total. The van der Waals surface area contributed by atoms with Gasteiger partial charge in [0.1, 0.15) is 5.75 Å². The quantitative estimate of drug-likeness (QED) is 0.867. The molecule has 0 aromatic heterocycles. The van der Waals surface area contributed by atoms with Gasteiger partial charge in [-0.15, -0.1) is 0 Å². The molecule has 0 amide bonds. The first-order chi connectivity index (χ1) is 9.54. The highest BCUT2D eigenvalue weighted by molar-refractivity contribution is 5.48. The molecule has 0 aliphatic heterocycles. The van der Waals surface area contributed by atoms with Gasteiger partial charge in [-0.05, 0) is 42.7 Å². The summed E-state index contributed by atoms with van der Waals surface area (Å²) < 4.78 is 28.7. The Balaban J connectivity index is 2.01. The zero-order chi connectivity index (χ0) is 14.5. The van der Waals surface area contributed by atoms with Crippen molar-refractivity contribution < 1.29 is 13.5 Å². The Morgan fingerprint density at radius 3 is 2.55 bits per heavy atom. The van der Waals surface area contributed by atoms with E-state index in [1.54, 1.807) is 12.1 Å². The lowest BCUT2D eigenvalue weighted by Crippen LogP contribution is -2.03. The molecule has 0 bridgehead atoms. The van der Waals surface area contributed by atoms with Crippen molar-refractivity contribution in [1.82, 2.24) is 0 Å². The van der Waals surface area contributed by atoms with Crippen LogP contribution in [0.5, 0.6) is 5.75 Å². The molecule has 106 valence electrons. The van der Waals surface area contributed by atoms with Gasteiger partial charge in [0.05, 0.1) is 0 Å². The highest BCUT2D eigenvalue weighted by Crippen LogP contribution is 2.20. The van der Waals surface area contributed by atoms with E-state index >= 15 is 0 Å². The van der Waals surface area contributed by atoms with Gasteiger partial charge in [-0.3, -0.25) is 0 Å². The second kappa shape index (κ2) is 6.37. The molecule has 2 nitrogen and oxygen atoms in total. The fourth-order valence-electron chi connectivity index (χ4n) is 1.90. The van der Waals surface area contributed by atoms with Crippen molar-refractivity contribution in [1.29, 1.82) is 0 Å². The van der Waals surface area contributed by atoms with Crippen molar-refractivity contribution in [3.8, 4) is 5.75 Å². The van der Waals surface area contributed by atoms with Crippen molar-refractivity contribution in [2.45, 2.75) is 27.0 Å². The summed E-state index contributed by atoms with van der Waals surface area (Å²) in [6, 6.07) is 12.8. The van der Waals surface area contributed by atoms with Crippen LogP contribution in [-0.4, -0.2) is 6.61 Å². The monoisotopic (exact) mass is 277 g/mol. The average Bonchev–Trinajstić information content (AvgIpc) is 2.40. The van der Waals surface area contributed by atoms with Gasteiger partial charge < -0.3 is 10.1 Å². The lowest BCUT2D eigenvalue weighted by atomic mass is 10.1. The maximum Gasteiger partial charge on any atom is 0.387 e. The molecule has 0 atom stereocenters. The van der Waals surface area contributed by atoms with Crippen molar-refractivity contribution in [3.05, 3.63) is 59.2 Å². The number of alkyl halides is 2. The first-order valence-corrected chi connectivity index (χ1v) is 6.39. The third kappa shape index (κ3) is 3.95. The summed E-state index contributed by atoms with van der Waals surface area (Å²) in [4.78, 5) is 0. The standard InChI is InChI=1S/C16H17F2NO/c1-11-6-7-13(8-12(11)2)10-19-14-4-3-5-15(9-14)20-16(17)18/h3-9,16,19H,10H2,1-2H3. The van der Waals surface area contributed by atoms with Gasteiger partial charge >= 0.3 is 6.61 Å². The van der Waals surface area contributed by atoms with E-state index in [4.69, 9.17) is 0 Å². The average molecular weight is 277 g/mol. The molecule has 20 heavy (non-hydrogen) atoms. The molecule has 2 aromatic carbocycles. The van der Waals surface area contributed by atoms with Crippen LogP contribution in [0, 0.1) is 13.8 Å². The Labute approximate surface area is 117 Å². The van der Waals surface area contributed by atoms with Gasteiger partial charge in [-0.25, -0.2) is 0 Å². The topological polar surface area (TPSA) is 21.3 Å². The van der Waals surface area contributed by atoms with E-state index in [0.29, 0.717) is 6.54 Å². The molecule has 0 saturated carbocycles. The second-order valence-corrected chi connectivity index (χ2v) is 4.68. The number of nitrogens with one attached hydrogen (secondary N) is 1. The normalized spacial score (nSPS) is 10.7. The van der Waals surface area contributed by atoms with E-state index in [9.17, 15) is 8.78 Å². The van der Waals surface area contributed by atoms with Gasteiger partial charge in [0.2, 0.25) is 0 Å². The summed E-state index contributed by atoms with van der Waals surface area (Å²) in [5, 5.41) is 3.20. The first kappa shape index (κ1) is 14.3. The first-order valence-electron chi connectivity index (χ1n) is 6.39. The predicted octanol–water partition coefficient (Wildman–Crippen LogP) is 4.52. The van der Waals surface area contributed by atoms with Crippen LogP contribution < -0.4 is 10.1 Å². The minimum atomic E-state index is -2.80. The Kier molecular flexibility index (Phi) is 4.56. The number of halogens is 2. The number of hydrogen-bond acceptors (Lipinski definition) is 2. The highest BCUT2D eigenvalue weighted by Gasteiger charge is 2.04. The summed E-state index contributed by atoms with van der Waals surface area (Å²) in [5.41, 5.74) is 4.38. The summed E-state index contributed by atoms with van der Waals surface area (Å²) in [7, 11) is 0. The molecule has 0 aliphatic rings. The van der Waals surface area contributed by atoms with E-state index in [0.717, 1.165) is 11.3 Å². The number of anilines is 1. The minimum absolute atomic E-state index is 0.157. The van der Waals surface area contributed by atoms with E-state index < -0.39 is 6.61 Å². The molecular weight excluding hydrogens is 260 g/mol. The Hall–Kier alpha value is -2.10. The second-order valence-electron chi connectivity index (χ2n) is 4.68. The lowest BCUT2D eigenvalue weighted by Gasteiger charge is -2.10. The largest absolute Gasteiger partial charge is 0.435 e. The van der Waals surface area contributed by atoms with E-state index in [2.05, 4.69) is 42.1 Å². The Morgan fingerprint density at radius 1 is 1.05 bits per heavy atom. The molecule has 2 rings (SSSR count).